The Morgan fingerprint density at radius 2 is 2.14 bits per heavy atom. The minimum atomic E-state index is -0.302. The number of thiophene rings is 1. The topological polar surface area (TPSA) is 43.1 Å². The minimum absolute atomic E-state index is 0.302. The molecule has 3 heteroatoms. The fourth-order valence-electron chi connectivity index (χ4n) is 1.26. The Hall–Kier alpha value is -0.830. The zero-order valence-electron chi connectivity index (χ0n) is 8.96. The van der Waals surface area contributed by atoms with E-state index in [9.17, 15) is 4.79 Å². The predicted octanol–water partition coefficient (Wildman–Crippen LogP) is 2.83. The molecule has 0 aliphatic carbocycles. The first-order valence-corrected chi connectivity index (χ1v) is 5.64. The highest BCUT2D eigenvalue weighted by Gasteiger charge is 2.14. The summed E-state index contributed by atoms with van der Waals surface area (Å²) in [5.74, 6) is -0.302. The second kappa shape index (κ2) is 4.13. The van der Waals surface area contributed by atoms with Gasteiger partial charge in [-0.2, -0.15) is 0 Å². The van der Waals surface area contributed by atoms with Crippen molar-refractivity contribution in [1.29, 1.82) is 0 Å². The van der Waals surface area contributed by atoms with Crippen LogP contribution < -0.4 is 5.73 Å². The molecule has 0 unspecified atom stereocenters. The molecule has 1 heterocycles. The summed E-state index contributed by atoms with van der Waals surface area (Å²) in [4.78, 5) is 11.8. The highest BCUT2D eigenvalue weighted by atomic mass is 32.1. The van der Waals surface area contributed by atoms with Gasteiger partial charge in [-0.25, -0.2) is 0 Å². The van der Waals surface area contributed by atoms with Crippen LogP contribution in [-0.2, 0) is 6.42 Å². The first kappa shape index (κ1) is 11.2. The van der Waals surface area contributed by atoms with Gasteiger partial charge in [-0.05, 0) is 35.3 Å². The summed E-state index contributed by atoms with van der Waals surface area (Å²) in [7, 11) is 0. The third-order valence-corrected chi connectivity index (χ3v) is 3.09. The molecule has 0 bridgehead atoms. The molecular formula is C11H17NOS. The normalized spacial score (nSPS) is 11.6. The largest absolute Gasteiger partial charge is 0.365 e. The van der Waals surface area contributed by atoms with Crippen LogP contribution in [0.25, 0.3) is 0 Å². The molecule has 0 saturated carbocycles. The predicted molar refractivity (Wildman–Crippen MR) is 60.6 cm³/mol. The van der Waals surface area contributed by atoms with Gasteiger partial charge in [-0.15, -0.1) is 11.3 Å². The smallest absolute Gasteiger partial charge is 0.259 e. The fraction of sp³-hybridized carbons (Fsp3) is 0.545. The van der Waals surface area contributed by atoms with Crippen LogP contribution in [0.5, 0.6) is 0 Å². The molecule has 1 aromatic heterocycles. The summed E-state index contributed by atoms with van der Waals surface area (Å²) in [6.07, 6.45) is 2.01. The molecule has 0 radical (unpaired) electrons. The van der Waals surface area contributed by atoms with E-state index in [1.165, 1.54) is 11.3 Å². The first-order chi connectivity index (χ1) is 6.40. The number of hydrogen-bond acceptors (Lipinski definition) is 2. The van der Waals surface area contributed by atoms with Crippen molar-refractivity contribution < 1.29 is 4.79 Å². The van der Waals surface area contributed by atoms with Gasteiger partial charge in [0.05, 0.1) is 4.88 Å². The molecule has 1 rings (SSSR count). The van der Waals surface area contributed by atoms with E-state index >= 15 is 0 Å². The highest BCUT2D eigenvalue weighted by molar-refractivity contribution is 7.12. The Balaban J connectivity index is 2.68. The number of carbonyl (C=O) groups excluding carboxylic acids is 1. The van der Waals surface area contributed by atoms with Gasteiger partial charge in [0.1, 0.15) is 0 Å². The Morgan fingerprint density at radius 1 is 1.50 bits per heavy atom. The van der Waals surface area contributed by atoms with E-state index in [0.29, 0.717) is 10.3 Å². The molecule has 78 valence electrons. The van der Waals surface area contributed by atoms with Crippen LogP contribution in [-0.4, -0.2) is 5.91 Å². The van der Waals surface area contributed by atoms with Crippen LogP contribution in [0.2, 0.25) is 0 Å². The molecule has 2 N–H and O–H groups in total. The summed E-state index contributed by atoms with van der Waals surface area (Å²) in [5, 5.41) is 1.93. The molecule has 0 spiro atoms. The maximum atomic E-state index is 11.0. The van der Waals surface area contributed by atoms with Gasteiger partial charge < -0.3 is 5.73 Å². The quantitative estimate of drug-likeness (QED) is 0.820. The molecule has 0 aromatic carbocycles. The van der Waals surface area contributed by atoms with Gasteiger partial charge in [0.15, 0.2) is 0 Å². The van der Waals surface area contributed by atoms with Crippen molar-refractivity contribution in [2.75, 3.05) is 0 Å². The number of carbonyl (C=O) groups is 1. The lowest BCUT2D eigenvalue weighted by atomic mass is 9.89. The van der Waals surface area contributed by atoms with Crippen molar-refractivity contribution in [2.45, 2.75) is 33.6 Å². The molecule has 0 aliphatic rings. The van der Waals surface area contributed by atoms with E-state index in [-0.39, 0.29) is 5.91 Å². The average molecular weight is 211 g/mol. The number of primary amides is 1. The van der Waals surface area contributed by atoms with Crippen molar-refractivity contribution in [1.82, 2.24) is 0 Å². The van der Waals surface area contributed by atoms with E-state index in [1.54, 1.807) is 0 Å². The SMILES string of the molecule is CC(C)(C)CCc1ccsc1C(N)=O. The van der Waals surface area contributed by atoms with Crippen LogP contribution in [0.1, 0.15) is 42.4 Å². The van der Waals surface area contributed by atoms with Gasteiger partial charge in [0.25, 0.3) is 5.91 Å². The molecule has 0 saturated heterocycles. The first-order valence-electron chi connectivity index (χ1n) is 4.76. The number of hydrogen-bond donors (Lipinski definition) is 1. The summed E-state index contributed by atoms with van der Waals surface area (Å²) >= 11 is 1.43. The lowest BCUT2D eigenvalue weighted by Crippen LogP contribution is -2.12. The second-order valence-electron chi connectivity index (χ2n) is 4.70. The van der Waals surface area contributed by atoms with Crippen molar-refractivity contribution in [3.05, 3.63) is 21.9 Å². The van der Waals surface area contributed by atoms with Crippen LogP contribution in [0, 0.1) is 5.41 Å². The monoisotopic (exact) mass is 211 g/mol. The molecule has 2 nitrogen and oxygen atoms in total. The van der Waals surface area contributed by atoms with E-state index < -0.39 is 0 Å². The Morgan fingerprint density at radius 3 is 2.64 bits per heavy atom. The lowest BCUT2D eigenvalue weighted by Gasteiger charge is -2.17. The summed E-state index contributed by atoms with van der Waals surface area (Å²) in [5.41, 5.74) is 6.67. The molecule has 0 atom stereocenters. The highest BCUT2D eigenvalue weighted by Crippen LogP contribution is 2.24. The second-order valence-corrected chi connectivity index (χ2v) is 5.62. The van der Waals surface area contributed by atoms with Gasteiger partial charge in [0.2, 0.25) is 0 Å². The standard InChI is InChI=1S/C11H17NOS/c1-11(2,3)6-4-8-5-7-14-9(8)10(12)13/h5,7H,4,6H2,1-3H3,(H2,12,13). The average Bonchev–Trinajstić information content (AvgIpc) is 2.46. The van der Waals surface area contributed by atoms with Crippen molar-refractivity contribution in [3.8, 4) is 0 Å². The maximum absolute atomic E-state index is 11.0. The van der Waals surface area contributed by atoms with Crippen molar-refractivity contribution in [2.24, 2.45) is 11.1 Å². The summed E-state index contributed by atoms with van der Waals surface area (Å²) in [6.45, 7) is 6.59. The summed E-state index contributed by atoms with van der Waals surface area (Å²) < 4.78 is 0. The van der Waals surface area contributed by atoms with E-state index in [4.69, 9.17) is 5.73 Å². The van der Waals surface area contributed by atoms with Crippen LogP contribution in [0.3, 0.4) is 0 Å². The zero-order chi connectivity index (χ0) is 10.8. The van der Waals surface area contributed by atoms with Gasteiger partial charge in [-0.1, -0.05) is 20.8 Å². The summed E-state index contributed by atoms with van der Waals surface area (Å²) in [6, 6.07) is 2.00. The lowest BCUT2D eigenvalue weighted by molar-refractivity contribution is 0.100. The fourth-order valence-corrected chi connectivity index (χ4v) is 2.06. The third kappa shape index (κ3) is 3.14. The number of amides is 1. The van der Waals surface area contributed by atoms with E-state index in [0.717, 1.165) is 18.4 Å². The number of aryl methyl sites for hydroxylation is 1. The molecular weight excluding hydrogens is 194 g/mol. The third-order valence-electron chi connectivity index (χ3n) is 2.11. The van der Waals surface area contributed by atoms with Gasteiger partial charge >= 0.3 is 0 Å². The molecule has 1 aromatic rings. The Kier molecular flexibility index (Phi) is 3.32. The molecule has 14 heavy (non-hydrogen) atoms. The van der Waals surface area contributed by atoms with Crippen LogP contribution >= 0.6 is 11.3 Å². The Bertz CT molecular complexity index is 322. The van der Waals surface area contributed by atoms with E-state index in [1.807, 2.05) is 11.4 Å². The molecule has 0 fully saturated rings. The van der Waals surface area contributed by atoms with Crippen molar-refractivity contribution >= 4 is 17.2 Å². The molecule has 0 aliphatic heterocycles. The zero-order valence-corrected chi connectivity index (χ0v) is 9.78. The van der Waals surface area contributed by atoms with E-state index in [2.05, 4.69) is 20.8 Å². The maximum Gasteiger partial charge on any atom is 0.259 e. The number of nitrogens with two attached hydrogens (primary N) is 1. The van der Waals surface area contributed by atoms with Crippen LogP contribution in [0.4, 0.5) is 0 Å². The minimum Gasteiger partial charge on any atom is -0.365 e. The molecule has 1 amide bonds. The Labute approximate surface area is 89.1 Å². The van der Waals surface area contributed by atoms with Gasteiger partial charge in [-0.3, -0.25) is 4.79 Å². The van der Waals surface area contributed by atoms with Gasteiger partial charge in [0, 0.05) is 0 Å². The number of rotatable bonds is 3. The van der Waals surface area contributed by atoms with Crippen LogP contribution in [0.15, 0.2) is 11.4 Å². The van der Waals surface area contributed by atoms with Crippen molar-refractivity contribution in [3.63, 3.8) is 0 Å².